The molecule has 1 fully saturated rings. The molecule has 0 bridgehead atoms. The molecule has 1 aromatic carbocycles. The minimum Gasteiger partial charge on any atom is -0.384 e. The lowest BCUT2D eigenvalue weighted by molar-refractivity contribution is 0.524. The summed E-state index contributed by atoms with van der Waals surface area (Å²) in [4.78, 5) is 10.9. The maximum Gasteiger partial charge on any atom is 0.225 e. The normalized spacial score (nSPS) is 15.2. The van der Waals surface area contributed by atoms with E-state index in [1.54, 1.807) is 6.07 Å². The van der Waals surface area contributed by atoms with E-state index in [0.717, 1.165) is 37.3 Å². The molecule has 1 aliphatic heterocycles. The van der Waals surface area contributed by atoms with Crippen molar-refractivity contribution in [1.82, 2.24) is 9.97 Å². The van der Waals surface area contributed by atoms with Crippen LogP contribution >= 0.6 is 0 Å². The van der Waals surface area contributed by atoms with Crippen molar-refractivity contribution in [1.29, 1.82) is 5.26 Å². The van der Waals surface area contributed by atoms with E-state index in [0.29, 0.717) is 23.4 Å². The number of nitrogens with one attached hydrogen (secondary N) is 1. The molecule has 0 unspecified atom stereocenters. The van der Waals surface area contributed by atoms with Crippen molar-refractivity contribution < 1.29 is 0 Å². The Morgan fingerprint density at radius 3 is 2.74 bits per heavy atom. The highest BCUT2D eigenvalue weighted by Gasteiger charge is 2.20. The zero-order chi connectivity index (χ0) is 16.2. The highest BCUT2D eigenvalue weighted by atomic mass is 15.2. The standard InChI is InChI=1S/C17H20N6/c1-12-9-16(19)22-17(20-12)21-14-5-7-23(8-6-14)15-4-2-3-13(10-15)11-18/h2-4,9-10,14H,5-8H2,1H3,(H3,19,20,21,22). The third kappa shape index (κ3) is 3.69. The van der Waals surface area contributed by atoms with Crippen LogP contribution in [0.5, 0.6) is 0 Å². The van der Waals surface area contributed by atoms with E-state index in [1.165, 1.54) is 0 Å². The molecule has 2 aromatic rings. The van der Waals surface area contributed by atoms with Crippen molar-refractivity contribution in [3.63, 3.8) is 0 Å². The van der Waals surface area contributed by atoms with Crippen LogP contribution in [0.4, 0.5) is 17.5 Å². The number of hydrogen-bond acceptors (Lipinski definition) is 6. The van der Waals surface area contributed by atoms with E-state index in [1.807, 2.05) is 25.1 Å². The van der Waals surface area contributed by atoms with E-state index < -0.39 is 0 Å². The van der Waals surface area contributed by atoms with Crippen LogP contribution in [0.3, 0.4) is 0 Å². The molecule has 0 spiro atoms. The zero-order valence-electron chi connectivity index (χ0n) is 13.2. The summed E-state index contributed by atoms with van der Waals surface area (Å²) in [6, 6.07) is 12.1. The zero-order valence-corrected chi connectivity index (χ0v) is 13.2. The molecule has 6 nitrogen and oxygen atoms in total. The first-order valence-corrected chi connectivity index (χ1v) is 7.77. The first kappa shape index (κ1) is 15.1. The third-order valence-corrected chi connectivity index (χ3v) is 4.04. The summed E-state index contributed by atoms with van der Waals surface area (Å²) >= 11 is 0. The second kappa shape index (κ2) is 6.53. The Labute approximate surface area is 136 Å². The second-order valence-electron chi connectivity index (χ2n) is 5.83. The number of hydrogen-bond donors (Lipinski definition) is 2. The number of aromatic nitrogens is 2. The molecular weight excluding hydrogens is 288 g/mol. The Balaban J connectivity index is 1.61. The van der Waals surface area contributed by atoms with Gasteiger partial charge in [0.1, 0.15) is 5.82 Å². The molecule has 1 saturated heterocycles. The lowest BCUT2D eigenvalue weighted by atomic mass is 10.0. The van der Waals surface area contributed by atoms with Crippen LogP contribution in [0.1, 0.15) is 24.1 Å². The van der Waals surface area contributed by atoms with Gasteiger partial charge in [-0.2, -0.15) is 10.2 Å². The molecule has 1 aliphatic rings. The summed E-state index contributed by atoms with van der Waals surface area (Å²) in [7, 11) is 0. The van der Waals surface area contributed by atoms with Gasteiger partial charge in [-0.15, -0.1) is 0 Å². The maximum absolute atomic E-state index is 9.01. The monoisotopic (exact) mass is 308 g/mol. The second-order valence-corrected chi connectivity index (χ2v) is 5.83. The van der Waals surface area contributed by atoms with Gasteiger partial charge in [0.05, 0.1) is 11.6 Å². The van der Waals surface area contributed by atoms with Crippen LogP contribution in [0, 0.1) is 18.3 Å². The first-order chi connectivity index (χ1) is 11.1. The lowest BCUT2D eigenvalue weighted by Crippen LogP contribution is -2.39. The third-order valence-electron chi connectivity index (χ3n) is 4.04. The Hall–Kier alpha value is -2.81. The quantitative estimate of drug-likeness (QED) is 0.904. The molecule has 2 heterocycles. The Morgan fingerprint density at radius 1 is 1.26 bits per heavy atom. The van der Waals surface area contributed by atoms with Crippen molar-refractivity contribution in [3.05, 3.63) is 41.6 Å². The molecule has 23 heavy (non-hydrogen) atoms. The van der Waals surface area contributed by atoms with E-state index in [4.69, 9.17) is 11.0 Å². The van der Waals surface area contributed by atoms with Crippen LogP contribution in [-0.4, -0.2) is 29.1 Å². The molecule has 0 radical (unpaired) electrons. The Morgan fingerprint density at radius 2 is 2.04 bits per heavy atom. The first-order valence-electron chi connectivity index (χ1n) is 7.77. The number of nitrogen functional groups attached to an aromatic ring is 1. The van der Waals surface area contributed by atoms with Gasteiger partial charge in [0.15, 0.2) is 0 Å². The molecule has 0 saturated carbocycles. The minimum absolute atomic E-state index is 0.339. The van der Waals surface area contributed by atoms with Crippen molar-refractivity contribution in [2.75, 3.05) is 29.0 Å². The van der Waals surface area contributed by atoms with Gasteiger partial charge < -0.3 is 16.0 Å². The summed E-state index contributed by atoms with van der Waals surface area (Å²) in [5.41, 5.74) is 8.44. The van der Waals surface area contributed by atoms with E-state index in [-0.39, 0.29) is 0 Å². The molecule has 0 amide bonds. The molecule has 0 atom stereocenters. The van der Waals surface area contributed by atoms with Crippen LogP contribution in [-0.2, 0) is 0 Å². The van der Waals surface area contributed by atoms with Gasteiger partial charge in [-0.05, 0) is 38.0 Å². The number of piperidine rings is 1. The topological polar surface area (TPSA) is 90.9 Å². The van der Waals surface area contributed by atoms with Crippen LogP contribution < -0.4 is 16.0 Å². The summed E-state index contributed by atoms with van der Waals surface area (Å²) in [5, 5.41) is 12.4. The average molecular weight is 308 g/mol. The summed E-state index contributed by atoms with van der Waals surface area (Å²) < 4.78 is 0. The molecule has 3 rings (SSSR count). The van der Waals surface area contributed by atoms with E-state index in [2.05, 4.69) is 32.3 Å². The van der Waals surface area contributed by atoms with Gasteiger partial charge in [0.25, 0.3) is 0 Å². The molecular formula is C17H20N6. The van der Waals surface area contributed by atoms with Gasteiger partial charge >= 0.3 is 0 Å². The van der Waals surface area contributed by atoms with E-state index in [9.17, 15) is 0 Å². The van der Waals surface area contributed by atoms with Crippen molar-refractivity contribution in [2.24, 2.45) is 0 Å². The van der Waals surface area contributed by atoms with Crippen molar-refractivity contribution >= 4 is 17.5 Å². The van der Waals surface area contributed by atoms with Gasteiger partial charge in [0, 0.05) is 36.6 Å². The maximum atomic E-state index is 9.01. The van der Waals surface area contributed by atoms with Crippen LogP contribution in [0.15, 0.2) is 30.3 Å². The van der Waals surface area contributed by atoms with Gasteiger partial charge in [0.2, 0.25) is 5.95 Å². The molecule has 0 aliphatic carbocycles. The number of benzene rings is 1. The molecule has 118 valence electrons. The number of anilines is 3. The number of rotatable bonds is 3. The summed E-state index contributed by atoms with van der Waals surface area (Å²) in [6.07, 6.45) is 1.99. The summed E-state index contributed by atoms with van der Waals surface area (Å²) in [6.45, 7) is 3.79. The Kier molecular flexibility index (Phi) is 4.29. The van der Waals surface area contributed by atoms with Crippen molar-refractivity contribution in [3.8, 4) is 6.07 Å². The molecule has 3 N–H and O–H groups in total. The molecule has 1 aromatic heterocycles. The smallest absolute Gasteiger partial charge is 0.225 e. The van der Waals surface area contributed by atoms with Gasteiger partial charge in [-0.25, -0.2) is 4.98 Å². The number of nitrogens with two attached hydrogens (primary N) is 1. The SMILES string of the molecule is Cc1cc(N)nc(NC2CCN(c3cccc(C#N)c3)CC2)n1. The fourth-order valence-electron chi connectivity index (χ4n) is 2.89. The number of nitrogens with zero attached hydrogens (tertiary/aromatic N) is 4. The fourth-order valence-corrected chi connectivity index (χ4v) is 2.89. The Bertz CT molecular complexity index is 708. The average Bonchev–Trinajstić information content (AvgIpc) is 2.55. The van der Waals surface area contributed by atoms with Crippen molar-refractivity contribution in [2.45, 2.75) is 25.8 Å². The molecule has 6 heteroatoms. The lowest BCUT2D eigenvalue weighted by Gasteiger charge is -2.34. The number of aryl methyl sites for hydroxylation is 1. The van der Waals surface area contributed by atoms with Gasteiger partial charge in [-0.1, -0.05) is 6.07 Å². The largest absolute Gasteiger partial charge is 0.384 e. The minimum atomic E-state index is 0.339. The highest BCUT2D eigenvalue weighted by molar-refractivity contribution is 5.52. The van der Waals surface area contributed by atoms with Gasteiger partial charge in [-0.3, -0.25) is 0 Å². The van der Waals surface area contributed by atoms with Crippen LogP contribution in [0.2, 0.25) is 0 Å². The predicted molar refractivity (Wildman–Crippen MR) is 91.2 cm³/mol. The fraction of sp³-hybridized carbons (Fsp3) is 0.353. The summed E-state index contributed by atoms with van der Waals surface area (Å²) in [5.74, 6) is 1.10. The number of nitriles is 1. The highest BCUT2D eigenvalue weighted by Crippen LogP contribution is 2.22. The predicted octanol–water partition coefficient (Wildman–Crippen LogP) is 2.32. The van der Waals surface area contributed by atoms with E-state index >= 15 is 0 Å². The van der Waals surface area contributed by atoms with Crippen LogP contribution in [0.25, 0.3) is 0 Å².